The van der Waals surface area contributed by atoms with Gasteiger partial charge in [0, 0.05) is 12.7 Å². The topological polar surface area (TPSA) is 79.0 Å². The molecular weight excluding hydrogens is 292 g/mol. The molecule has 0 aliphatic carbocycles. The van der Waals surface area contributed by atoms with Crippen LogP contribution in [0.3, 0.4) is 0 Å². The Labute approximate surface area is 135 Å². The van der Waals surface area contributed by atoms with Gasteiger partial charge in [-0.1, -0.05) is 27.7 Å². The lowest BCUT2D eigenvalue weighted by molar-refractivity contribution is 0.0644. The van der Waals surface area contributed by atoms with Gasteiger partial charge in [-0.25, -0.2) is 4.98 Å². The van der Waals surface area contributed by atoms with Crippen LogP contribution in [0, 0.1) is 11.3 Å². The number of rotatable bonds is 4. The highest BCUT2D eigenvalue weighted by molar-refractivity contribution is 6.25. The van der Waals surface area contributed by atoms with Crippen LogP contribution in [0.15, 0.2) is 12.4 Å². The van der Waals surface area contributed by atoms with Gasteiger partial charge in [-0.15, -0.1) is 0 Å². The average molecular weight is 314 g/mol. The van der Waals surface area contributed by atoms with Gasteiger partial charge < -0.3 is 0 Å². The third kappa shape index (κ3) is 2.85. The number of nitrogens with zero attached hydrogens (tertiary/aromatic N) is 3. The molecule has 1 atom stereocenters. The number of carbonyl (C=O) groups excluding carboxylic acids is 2. The van der Waals surface area contributed by atoms with E-state index in [0.717, 1.165) is 12.8 Å². The van der Waals surface area contributed by atoms with E-state index in [1.807, 2.05) is 0 Å². The first-order valence-corrected chi connectivity index (χ1v) is 7.96. The Morgan fingerprint density at radius 3 is 2.65 bits per heavy atom. The molecule has 0 bridgehead atoms. The van der Waals surface area contributed by atoms with Gasteiger partial charge in [-0.3, -0.25) is 19.6 Å². The van der Waals surface area contributed by atoms with Crippen LogP contribution in [0.2, 0.25) is 0 Å². The van der Waals surface area contributed by atoms with Crippen LogP contribution < -0.4 is 0 Å². The van der Waals surface area contributed by atoms with Crippen molar-refractivity contribution in [3.8, 4) is 0 Å². The van der Waals surface area contributed by atoms with Gasteiger partial charge in [0.05, 0.1) is 22.7 Å². The molecule has 0 aromatic carbocycles. The van der Waals surface area contributed by atoms with Crippen molar-refractivity contribution in [2.75, 3.05) is 6.54 Å². The second-order valence-electron chi connectivity index (χ2n) is 7.60. The molecule has 6 nitrogen and oxygen atoms in total. The van der Waals surface area contributed by atoms with Crippen molar-refractivity contribution in [2.45, 2.75) is 40.5 Å². The Balaban J connectivity index is 1.78. The number of H-pyrrole nitrogens is 1. The summed E-state index contributed by atoms with van der Waals surface area (Å²) in [6.07, 6.45) is 4.89. The lowest BCUT2D eigenvalue weighted by Crippen LogP contribution is -2.32. The highest BCUT2D eigenvalue weighted by Gasteiger charge is 2.37. The number of nitrogens with one attached hydrogen (secondary N) is 1. The molecule has 2 aromatic rings. The molecule has 23 heavy (non-hydrogen) atoms. The van der Waals surface area contributed by atoms with E-state index in [1.54, 1.807) is 6.20 Å². The number of hydrogen-bond donors (Lipinski definition) is 1. The van der Waals surface area contributed by atoms with Crippen LogP contribution in [-0.4, -0.2) is 38.4 Å². The molecule has 1 N–H and O–H groups in total. The molecule has 122 valence electrons. The number of pyridine rings is 1. The number of carbonyl (C=O) groups is 2. The minimum Gasteiger partial charge on any atom is -0.274 e. The Bertz CT molecular complexity index is 772. The van der Waals surface area contributed by atoms with Crippen LogP contribution in [0.1, 0.15) is 61.3 Å². The maximum absolute atomic E-state index is 12.7. The van der Waals surface area contributed by atoms with E-state index in [2.05, 4.69) is 42.9 Å². The molecule has 0 saturated heterocycles. The predicted molar refractivity (Wildman–Crippen MR) is 87.1 cm³/mol. The van der Waals surface area contributed by atoms with Crippen LogP contribution in [0.4, 0.5) is 0 Å². The van der Waals surface area contributed by atoms with Crippen molar-refractivity contribution in [1.29, 1.82) is 0 Å². The molecule has 1 aliphatic rings. The molecular formula is C17H22N4O2. The number of imide groups is 1. The molecule has 0 radical (unpaired) electrons. The minimum atomic E-state index is -0.247. The van der Waals surface area contributed by atoms with Gasteiger partial charge in [0.1, 0.15) is 0 Å². The summed E-state index contributed by atoms with van der Waals surface area (Å²) in [6.45, 7) is 9.22. The van der Waals surface area contributed by atoms with E-state index < -0.39 is 0 Å². The third-order valence-electron chi connectivity index (χ3n) is 4.22. The van der Waals surface area contributed by atoms with Crippen molar-refractivity contribution in [2.24, 2.45) is 11.3 Å². The van der Waals surface area contributed by atoms with Crippen molar-refractivity contribution in [3.05, 3.63) is 23.5 Å². The molecule has 2 amide bonds. The molecule has 0 fully saturated rings. The zero-order valence-corrected chi connectivity index (χ0v) is 14.0. The van der Waals surface area contributed by atoms with Crippen molar-refractivity contribution < 1.29 is 9.59 Å². The van der Waals surface area contributed by atoms with Gasteiger partial charge in [-0.05, 0) is 24.2 Å². The highest BCUT2D eigenvalue weighted by atomic mass is 16.2. The lowest BCUT2D eigenvalue weighted by Gasteiger charge is -2.24. The highest BCUT2D eigenvalue weighted by Crippen LogP contribution is 2.30. The molecule has 1 unspecified atom stereocenters. The summed E-state index contributed by atoms with van der Waals surface area (Å²) in [6, 6.07) is 0. The summed E-state index contributed by atoms with van der Waals surface area (Å²) in [7, 11) is 0. The summed E-state index contributed by atoms with van der Waals surface area (Å²) in [5, 5.41) is 7.26. The Morgan fingerprint density at radius 2 is 1.96 bits per heavy atom. The SMILES string of the molecule is CC(CCN1C(=O)c2cnc3[nH]ncc3c2C1=O)CC(C)(C)C. The van der Waals surface area contributed by atoms with E-state index >= 15 is 0 Å². The first-order valence-electron chi connectivity index (χ1n) is 7.96. The average Bonchev–Trinajstić information content (AvgIpc) is 2.99. The Kier molecular flexibility index (Phi) is 3.70. The predicted octanol–water partition coefficient (Wildman–Crippen LogP) is 3.02. The van der Waals surface area contributed by atoms with Crippen LogP contribution in [0.25, 0.3) is 11.0 Å². The fourth-order valence-corrected chi connectivity index (χ4v) is 3.36. The van der Waals surface area contributed by atoms with Crippen LogP contribution in [0.5, 0.6) is 0 Å². The largest absolute Gasteiger partial charge is 0.274 e. The maximum atomic E-state index is 12.7. The minimum absolute atomic E-state index is 0.234. The summed E-state index contributed by atoms with van der Waals surface area (Å²) in [5.74, 6) is -0.0308. The van der Waals surface area contributed by atoms with Gasteiger partial charge in [0.25, 0.3) is 11.8 Å². The summed E-state index contributed by atoms with van der Waals surface area (Å²) >= 11 is 0. The van der Waals surface area contributed by atoms with E-state index in [-0.39, 0.29) is 17.2 Å². The molecule has 0 spiro atoms. The molecule has 3 rings (SSSR count). The van der Waals surface area contributed by atoms with Crippen LogP contribution in [-0.2, 0) is 0 Å². The number of amides is 2. The van der Waals surface area contributed by atoms with E-state index in [0.29, 0.717) is 34.6 Å². The quantitative estimate of drug-likeness (QED) is 0.880. The zero-order valence-electron chi connectivity index (χ0n) is 14.0. The smallest absolute Gasteiger partial charge is 0.263 e. The number of fused-ring (bicyclic) bond motifs is 3. The lowest BCUT2D eigenvalue weighted by atomic mass is 9.84. The Morgan fingerprint density at radius 1 is 1.22 bits per heavy atom. The first kappa shape index (κ1) is 15.6. The number of hydrogen-bond acceptors (Lipinski definition) is 4. The van der Waals surface area contributed by atoms with E-state index in [1.165, 1.54) is 11.1 Å². The van der Waals surface area contributed by atoms with Crippen molar-refractivity contribution in [1.82, 2.24) is 20.1 Å². The van der Waals surface area contributed by atoms with Gasteiger partial charge in [0.2, 0.25) is 0 Å². The Hall–Kier alpha value is -2.24. The second kappa shape index (κ2) is 5.44. The molecule has 6 heteroatoms. The summed E-state index contributed by atoms with van der Waals surface area (Å²) in [5.41, 5.74) is 1.59. The second-order valence-corrected chi connectivity index (χ2v) is 7.60. The molecule has 3 heterocycles. The van der Waals surface area contributed by atoms with Crippen molar-refractivity contribution in [3.63, 3.8) is 0 Å². The first-order chi connectivity index (χ1) is 10.8. The van der Waals surface area contributed by atoms with Gasteiger partial charge >= 0.3 is 0 Å². The monoisotopic (exact) mass is 314 g/mol. The van der Waals surface area contributed by atoms with E-state index in [9.17, 15) is 9.59 Å². The zero-order chi connectivity index (χ0) is 16.8. The normalized spacial score (nSPS) is 16.3. The fourth-order valence-electron chi connectivity index (χ4n) is 3.36. The summed E-state index contributed by atoms with van der Waals surface area (Å²) < 4.78 is 0. The summed E-state index contributed by atoms with van der Waals surface area (Å²) in [4.78, 5) is 30.7. The fraction of sp³-hybridized carbons (Fsp3) is 0.529. The number of aromatic amines is 1. The van der Waals surface area contributed by atoms with Crippen LogP contribution >= 0.6 is 0 Å². The van der Waals surface area contributed by atoms with Gasteiger partial charge in [0.15, 0.2) is 5.65 Å². The maximum Gasteiger partial charge on any atom is 0.263 e. The molecule has 2 aromatic heterocycles. The molecule has 1 aliphatic heterocycles. The third-order valence-corrected chi connectivity index (χ3v) is 4.22. The van der Waals surface area contributed by atoms with Crippen molar-refractivity contribution >= 4 is 22.8 Å². The standard InChI is InChI=1S/C17H22N4O2/c1-10(7-17(2,3)4)5-6-21-15(22)12-8-18-14-11(9-19-20-14)13(12)16(21)23/h8-10H,5-7H2,1-4H3,(H,18,19,20). The van der Waals surface area contributed by atoms with Gasteiger partial charge in [-0.2, -0.15) is 5.10 Å². The van der Waals surface area contributed by atoms with E-state index in [4.69, 9.17) is 0 Å². The number of aromatic nitrogens is 3. The molecule has 0 saturated carbocycles.